The molecule has 5 rings (SSSR count). The van der Waals surface area contributed by atoms with Crippen molar-refractivity contribution in [3.63, 3.8) is 0 Å². The average molecular weight is 409 g/mol. The summed E-state index contributed by atoms with van der Waals surface area (Å²) in [6.45, 7) is 3.38. The van der Waals surface area contributed by atoms with E-state index in [1.807, 2.05) is 10.9 Å². The van der Waals surface area contributed by atoms with Crippen LogP contribution in [0.25, 0.3) is 11.0 Å². The van der Waals surface area contributed by atoms with Gasteiger partial charge in [-0.3, -0.25) is 0 Å². The minimum absolute atomic E-state index is 0.240. The van der Waals surface area contributed by atoms with Crippen LogP contribution in [0, 0.1) is 0 Å². The summed E-state index contributed by atoms with van der Waals surface area (Å²) < 4.78 is 7.42. The van der Waals surface area contributed by atoms with Crippen molar-refractivity contribution in [2.45, 2.75) is 37.8 Å². The molecule has 1 aromatic carbocycles. The lowest BCUT2D eigenvalue weighted by Gasteiger charge is -2.28. The summed E-state index contributed by atoms with van der Waals surface area (Å²) in [7, 11) is 0. The van der Waals surface area contributed by atoms with Crippen molar-refractivity contribution in [3.8, 4) is 0 Å². The number of anilines is 4. The van der Waals surface area contributed by atoms with Crippen LogP contribution in [0.4, 0.5) is 23.1 Å². The number of benzene rings is 1. The van der Waals surface area contributed by atoms with Crippen molar-refractivity contribution in [3.05, 3.63) is 30.5 Å². The Hall–Kier alpha value is -2.91. The van der Waals surface area contributed by atoms with Crippen LogP contribution in [0.3, 0.4) is 0 Å². The number of hydrogen-bond donors (Lipinski definition) is 3. The Balaban J connectivity index is 1.39. The number of nitrogens with one attached hydrogen (secondary N) is 1. The van der Waals surface area contributed by atoms with E-state index in [2.05, 4.69) is 49.5 Å². The third kappa shape index (κ3) is 3.78. The number of nitrogens with zero attached hydrogens (tertiary/aromatic N) is 5. The highest BCUT2D eigenvalue weighted by atomic mass is 16.5. The SMILES string of the molecule is Nc1nc(Nc2ccc(N3CCOCC3)cc2)c2cnn([C@H]3CC[C@@H](N)CC3)c2n1. The number of fused-ring (bicyclic) bond motifs is 1. The number of hydrogen-bond acceptors (Lipinski definition) is 8. The van der Waals surface area contributed by atoms with Crippen molar-refractivity contribution in [1.29, 1.82) is 0 Å². The number of ether oxygens (including phenoxy) is 1. The van der Waals surface area contributed by atoms with Gasteiger partial charge < -0.3 is 26.4 Å². The molecule has 1 aliphatic carbocycles. The van der Waals surface area contributed by atoms with Gasteiger partial charge in [0.25, 0.3) is 0 Å². The van der Waals surface area contributed by atoms with E-state index in [0.717, 1.165) is 68.7 Å². The van der Waals surface area contributed by atoms with Crippen molar-refractivity contribution < 1.29 is 4.74 Å². The van der Waals surface area contributed by atoms with E-state index in [1.165, 1.54) is 5.69 Å². The number of morpholine rings is 1. The second-order valence-corrected chi connectivity index (χ2v) is 8.10. The summed E-state index contributed by atoms with van der Waals surface area (Å²) in [5.74, 6) is 0.916. The zero-order valence-corrected chi connectivity index (χ0v) is 17.0. The highest BCUT2D eigenvalue weighted by molar-refractivity contribution is 5.89. The second kappa shape index (κ2) is 8.08. The minimum atomic E-state index is 0.240. The molecule has 158 valence electrons. The minimum Gasteiger partial charge on any atom is -0.378 e. The van der Waals surface area contributed by atoms with Crippen LogP contribution in [0.1, 0.15) is 31.7 Å². The first-order valence-corrected chi connectivity index (χ1v) is 10.6. The van der Waals surface area contributed by atoms with E-state index in [0.29, 0.717) is 17.9 Å². The first-order valence-electron chi connectivity index (χ1n) is 10.6. The van der Waals surface area contributed by atoms with Crippen LogP contribution in [-0.4, -0.2) is 52.1 Å². The van der Waals surface area contributed by atoms with Gasteiger partial charge in [-0.15, -0.1) is 0 Å². The fraction of sp³-hybridized carbons (Fsp3) is 0.476. The largest absolute Gasteiger partial charge is 0.378 e. The van der Waals surface area contributed by atoms with Crippen molar-refractivity contribution in [1.82, 2.24) is 19.7 Å². The van der Waals surface area contributed by atoms with Crippen molar-refractivity contribution in [2.24, 2.45) is 5.73 Å². The fourth-order valence-electron chi connectivity index (χ4n) is 4.37. The molecule has 0 radical (unpaired) electrons. The number of rotatable bonds is 4. The predicted octanol–water partition coefficient (Wildman–Crippen LogP) is 2.43. The monoisotopic (exact) mass is 408 g/mol. The molecule has 9 nitrogen and oxygen atoms in total. The molecular weight excluding hydrogens is 380 g/mol. The van der Waals surface area contributed by atoms with E-state index in [9.17, 15) is 0 Å². The molecule has 9 heteroatoms. The Morgan fingerprint density at radius 2 is 1.73 bits per heavy atom. The second-order valence-electron chi connectivity index (χ2n) is 8.10. The van der Waals surface area contributed by atoms with Gasteiger partial charge in [0.15, 0.2) is 5.65 Å². The van der Waals surface area contributed by atoms with Gasteiger partial charge in [0.05, 0.1) is 30.8 Å². The Morgan fingerprint density at radius 1 is 1.00 bits per heavy atom. The standard InChI is InChI=1S/C21H28N8O/c22-14-1-5-17(6-2-14)29-20-18(13-24-29)19(26-21(23)27-20)25-15-3-7-16(8-4-15)28-9-11-30-12-10-28/h3-4,7-8,13-14,17H,1-2,5-6,9-12,22H2,(H3,23,25,26,27)/t14-,17+. The van der Waals surface area contributed by atoms with Crippen LogP contribution in [0.2, 0.25) is 0 Å². The first-order chi connectivity index (χ1) is 14.7. The van der Waals surface area contributed by atoms with Gasteiger partial charge in [-0.1, -0.05) is 0 Å². The summed E-state index contributed by atoms with van der Waals surface area (Å²) in [5.41, 5.74) is 15.0. The van der Waals surface area contributed by atoms with Gasteiger partial charge in [-0.25, -0.2) is 4.68 Å². The lowest BCUT2D eigenvalue weighted by Crippen LogP contribution is -2.36. The van der Waals surface area contributed by atoms with Gasteiger partial charge in [0.1, 0.15) is 5.82 Å². The Bertz CT molecular complexity index is 1000. The van der Waals surface area contributed by atoms with Gasteiger partial charge in [-0.05, 0) is 49.9 Å². The molecule has 3 aromatic rings. The lowest BCUT2D eigenvalue weighted by atomic mass is 9.92. The molecule has 30 heavy (non-hydrogen) atoms. The molecule has 0 amide bonds. The van der Waals surface area contributed by atoms with Gasteiger partial charge in [0, 0.05) is 30.5 Å². The summed E-state index contributed by atoms with van der Waals surface area (Å²) in [6.07, 6.45) is 5.86. The van der Waals surface area contributed by atoms with E-state index < -0.39 is 0 Å². The Morgan fingerprint density at radius 3 is 2.47 bits per heavy atom. The smallest absolute Gasteiger partial charge is 0.224 e. The summed E-state index contributed by atoms with van der Waals surface area (Å²) in [4.78, 5) is 11.2. The Kier molecular flexibility index (Phi) is 5.14. The maximum atomic E-state index is 6.06. The molecule has 0 spiro atoms. The Labute approximate surface area is 175 Å². The lowest BCUT2D eigenvalue weighted by molar-refractivity contribution is 0.122. The van der Waals surface area contributed by atoms with Crippen molar-refractivity contribution >= 4 is 34.2 Å². The first kappa shape index (κ1) is 19.1. The van der Waals surface area contributed by atoms with Crippen LogP contribution >= 0.6 is 0 Å². The molecule has 1 aliphatic heterocycles. The van der Waals surface area contributed by atoms with Gasteiger partial charge in [0.2, 0.25) is 5.95 Å². The molecule has 0 unspecified atom stereocenters. The molecule has 5 N–H and O–H groups in total. The molecule has 1 saturated heterocycles. The maximum Gasteiger partial charge on any atom is 0.224 e. The molecule has 1 saturated carbocycles. The summed E-state index contributed by atoms with van der Waals surface area (Å²) in [5, 5.41) is 8.89. The molecule has 2 aliphatic rings. The van der Waals surface area contributed by atoms with E-state index >= 15 is 0 Å². The molecule has 0 atom stereocenters. The quantitative estimate of drug-likeness (QED) is 0.602. The van der Waals surface area contributed by atoms with Gasteiger partial charge >= 0.3 is 0 Å². The average Bonchev–Trinajstić information content (AvgIpc) is 3.19. The zero-order chi connectivity index (χ0) is 20.5. The predicted molar refractivity (Wildman–Crippen MR) is 118 cm³/mol. The van der Waals surface area contributed by atoms with Gasteiger partial charge in [-0.2, -0.15) is 15.1 Å². The third-order valence-corrected chi connectivity index (χ3v) is 6.06. The molecule has 2 fully saturated rings. The number of nitrogens with two attached hydrogens (primary N) is 2. The van der Waals surface area contributed by atoms with E-state index in [4.69, 9.17) is 16.2 Å². The zero-order valence-electron chi connectivity index (χ0n) is 17.0. The van der Waals surface area contributed by atoms with E-state index in [1.54, 1.807) is 0 Å². The molecule has 0 bridgehead atoms. The highest BCUT2D eigenvalue weighted by Crippen LogP contribution is 2.32. The normalized spacial score (nSPS) is 22.4. The number of aromatic nitrogens is 4. The summed E-state index contributed by atoms with van der Waals surface area (Å²) >= 11 is 0. The summed E-state index contributed by atoms with van der Waals surface area (Å²) in [6, 6.07) is 8.94. The van der Waals surface area contributed by atoms with E-state index in [-0.39, 0.29) is 5.95 Å². The molecular formula is C21H28N8O. The van der Waals surface area contributed by atoms with Crippen LogP contribution in [-0.2, 0) is 4.74 Å². The topological polar surface area (TPSA) is 120 Å². The van der Waals surface area contributed by atoms with Crippen LogP contribution < -0.4 is 21.7 Å². The van der Waals surface area contributed by atoms with Crippen LogP contribution in [0.15, 0.2) is 30.5 Å². The maximum absolute atomic E-state index is 6.06. The number of nitrogen functional groups attached to an aromatic ring is 1. The molecule has 2 aromatic heterocycles. The van der Waals surface area contributed by atoms with Crippen molar-refractivity contribution in [2.75, 3.05) is 42.3 Å². The third-order valence-electron chi connectivity index (χ3n) is 6.06. The fourth-order valence-corrected chi connectivity index (χ4v) is 4.37. The van der Waals surface area contributed by atoms with Crippen LogP contribution in [0.5, 0.6) is 0 Å². The molecule has 3 heterocycles. The highest BCUT2D eigenvalue weighted by Gasteiger charge is 2.23.